The van der Waals surface area contributed by atoms with Crippen LogP contribution in [0.2, 0.25) is 0 Å². The lowest BCUT2D eigenvalue weighted by molar-refractivity contribution is -0.126. The lowest BCUT2D eigenvalue weighted by Gasteiger charge is -2.35. The third-order valence-corrected chi connectivity index (χ3v) is 3.55. The number of hydrogen-bond acceptors (Lipinski definition) is 4. The molecule has 0 aliphatic carbocycles. The number of rotatable bonds is 3. The van der Waals surface area contributed by atoms with Gasteiger partial charge in [0.25, 0.3) is 0 Å². The summed E-state index contributed by atoms with van der Waals surface area (Å²) in [6.45, 7) is 3.13. The van der Waals surface area contributed by atoms with Gasteiger partial charge in [0.15, 0.2) is 0 Å². The molecule has 0 bridgehead atoms. The first kappa shape index (κ1) is 13.4. The van der Waals surface area contributed by atoms with Crippen molar-refractivity contribution < 1.29 is 9.21 Å². The summed E-state index contributed by atoms with van der Waals surface area (Å²) in [7, 11) is 0. The summed E-state index contributed by atoms with van der Waals surface area (Å²) in [6.07, 6.45) is 8.45. The fourth-order valence-electron chi connectivity index (χ4n) is 2.38. The second-order valence-electron chi connectivity index (χ2n) is 4.87. The predicted molar refractivity (Wildman–Crippen MR) is 80.8 cm³/mol. The Kier molecular flexibility index (Phi) is 4.00. The Balaban J connectivity index is 1.55. The van der Waals surface area contributed by atoms with E-state index in [9.17, 15) is 4.79 Å². The molecule has 0 unspecified atom stereocenters. The molecule has 0 spiro atoms. The van der Waals surface area contributed by atoms with Crippen LogP contribution in [0, 0.1) is 0 Å². The highest BCUT2D eigenvalue weighted by Gasteiger charge is 2.19. The Morgan fingerprint density at radius 3 is 2.57 bits per heavy atom. The molecule has 21 heavy (non-hydrogen) atoms. The van der Waals surface area contributed by atoms with E-state index in [2.05, 4.69) is 9.88 Å². The topological polar surface area (TPSA) is 49.6 Å². The summed E-state index contributed by atoms with van der Waals surface area (Å²) in [5, 5.41) is 0. The Morgan fingerprint density at radius 2 is 1.90 bits per heavy atom. The van der Waals surface area contributed by atoms with Crippen LogP contribution >= 0.6 is 0 Å². The van der Waals surface area contributed by atoms with Gasteiger partial charge in [-0.25, -0.2) is 0 Å². The molecule has 1 amide bonds. The molecule has 3 rings (SSSR count). The maximum absolute atomic E-state index is 12.1. The van der Waals surface area contributed by atoms with Gasteiger partial charge in [-0.3, -0.25) is 9.78 Å². The van der Waals surface area contributed by atoms with Gasteiger partial charge in [-0.2, -0.15) is 0 Å². The van der Waals surface area contributed by atoms with Crippen LogP contribution in [0.5, 0.6) is 0 Å². The highest BCUT2D eigenvalue weighted by atomic mass is 16.3. The highest BCUT2D eigenvalue weighted by Crippen LogP contribution is 2.15. The fraction of sp³-hybridized carbons (Fsp3) is 0.250. The number of carbonyl (C=O) groups is 1. The van der Waals surface area contributed by atoms with E-state index >= 15 is 0 Å². The molecule has 108 valence electrons. The van der Waals surface area contributed by atoms with Gasteiger partial charge in [0.05, 0.1) is 6.26 Å². The van der Waals surface area contributed by atoms with Gasteiger partial charge >= 0.3 is 0 Å². The van der Waals surface area contributed by atoms with Crippen molar-refractivity contribution in [3.8, 4) is 0 Å². The summed E-state index contributed by atoms with van der Waals surface area (Å²) in [6, 6.07) is 7.62. The standard InChI is InChI=1S/C16H17N3O2/c20-16(4-3-15-2-1-13-21-15)19-11-9-18(10-12-19)14-5-7-17-8-6-14/h1-8,13H,9-12H2/b4-3+. The molecule has 2 aromatic heterocycles. The second kappa shape index (κ2) is 6.26. The van der Waals surface area contributed by atoms with E-state index in [4.69, 9.17) is 4.42 Å². The normalized spacial score (nSPS) is 15.6. The van der Waals surface area contributed by atoms with Crippen molar-refractivity contribution in [1.82, 2.24) is 9.88 Å². The van der Waals surface area contributed by atoms with Crippen molar-refractivity contribution in [2.24, 2.45) is 0 Å². The van der Waals surface area contributed by atoms with Crippen LogP contribution in [-0.4, -0.2) is 42.0 Å². The van der Waals surface area contributed by atoms with Crippen molar-refractivity contribution in [2.75, 3.05) is 31.1 Å². The van der Waals surface area contributed by atoms with Gasteiger partial charge in [-0.05, 0) is 30.3 Å². The largest absolute Gasteiger partial charge is 0.465 e. The lowest BCUT2D eigenvalue weighted by Crippen LogP contribution is -2.48. The smallest absolute Gasteiger partial charge is 0.246 e. The van der Waals surface area contributed by atoms with Gasteiger partial charge in [0.1, 0.15) is 5.76 Å². The van der Waals surface area contributed by atoms with Gasteiger partial charge < -0.3 is 14.2 Å². The molecule has 0 aromatic carbocycles. The van der Waals surface area contributed by atoms with Crippen molar-refractivity contribution in [3.63, 3.8) is 0 Å². The van der Waals surface area contributed by atoms with Crippen molar-refractivity contribution >= 4 is 17.7 Å². The maximum atomic E-state index is 12.1. The van der Waals surface area contributed by atoms with Crippen molar-refractivity contribution in [2.45, 2.75) is 0 Å². The molecular weight excluding hydrogens is 266 g/mol. The minimum Gasteiger partial charge on any atom is -0.465 e. The number of piperazine rings is 1. The first-order chi connectivity index (χ1) is 10.3. The summed E-state index contributed by atoms with van der Waals surface area (Å²) >= 11 is 0. The summed E-state index contributed by atoms with van der Waals surface area (Å²) in [5.41, 5.74) is 1.16. The molecule has 0 saturated carbocycles. The molecule has 1 aliphatic heterocycles. The van der Waals surface area contributed by atoms with E-state index in [0.29, 0.717) is 5.76 Å². The minimum atomic E-state index is 0.0285. The minimum absolute atomic E-state index is 0.0285. The quantitative estimate of drug-likeness (QED) is 0.809. The number of pyridine rings is 1. The number of hydrogen-bond donors (Lipinski definition) is 0. The van der Waals surface area contributed by atoms with Crippen LogP contribution in [0.4, 0.5) is 5.69 Å². The SMILES string of the molecule is O=C(/C=C/c1ccco1)N1CCN(c2ccncc2)CC1. The van der Waals surface area contributed by atoms with Crippen LogP contribution in [0.15, 0.2) is 53.4 Å². The molecular formula is C16H17N3O2. The third kappa shape index (κ3) is 3.31. The van der Waals surface area contributed by atoms with Gasteiger partial charge in [0, 0.05) is 50.3 Å². The third-order valence-electron chi connectivity index (χ3n) is 3.55. The number of nitrogens with zero attached hydrogens (tertiary/aromatic N) is 3. The Hall–Kier alpha value is -2.56. The van der Waals surface area contributed by atoms with Crippen LogP contribution in [0.1, 0.15) is 5.76 Å². The molecule has 1 fully saturated rings. The molecule has 2 aromatic rings. The fourth-order valence-corrected chi connectivity index (χ4v) is 2.38. The summed E-state index contributed by atoms with van der Waals surface area (Å²) < 4.78 is 5.17. The Morgan fingerprint density at radius 1 is 1.14 bits per heavy atom. The first-order valence-electron chi connectivity index (χ1n) is 6.98. The summed E-state index contributed by atoms with van der Waals surface area (Å²) in [4.78, 5) is 20.3. The number of amides is 1. The molecule has 0 N–H and O–H groups in total. The van der Waals surface area contributed by atoms with Gasteiger partial charge in [0.2, 0.25) is 5.91 Å². The molecule has 0 radical (unpaired) electrons. The van der Waals surface area contributed by atoms with Gasteiger partial charge in [-0.1, -0.05) is 0 Å². The van der Waals surface area contributed by atoms with Crippen LogP contribution in [0.3, 0.4) is 0 Å². The molecule has 5 heteroatoms. The van der Waals surface area contributed by atoms with E-state index in [0.717, 1.165) is 31.9 Å². The zero-order valence-electron chi connectivity index (χ0n) is 11.7. The molecule has 3 heterocycles. The number of furan rings is 1. The van der Waals surface area contributed by atoms with Crippen LogP contribution < -0.4 is 4.90 Å². The summed E-state index contributed by atoms with van der Waals surface area (Å²) in [5.74, 6) is 0.722. The van der Waals surface area contributed by atoms with E-state index in [1.807, 2.05) is 23.1 Å². The molecule has 5 nitrogen and oxygen atoms in total. The lowest BCUT2D eigenvalue weighted by atomic mass is 10.2. The average Bonchev–Trinajstić information content (AvgIpc) is 3.07. The van der Waals surface area contributed by atoms with Crippen LogP contribution in [-0.2, 0) is 4.79 Å². The van der Waals surface area contributed by atoms with Gasteiger partial charge in [-0.15, -0.1) is 0 Å². The van der Waals surface area contributed by atoms with Crippen molar-refractivity contribution in [1.29, 1.82) is 0 Å². The maximum Gasteiger partial charge on any atom is 0.246 e. The average molecular weight is 283 g/mol. The van der Waals surface area contributed by atoms with E-state index in [1.165, 1.54) is 0 Å². The second-order valence-corrected chi connectivity index (χ2v) is 4.87. The molecule has 0 atom stereocenters. The predicted octanol–water partition coefficient (Wildman–Crippen LogP) is 2.04. The van der Waals surface area contributed by atoms with Crippen LogP contribution in [0.25, 0.3) is 6.08 Å². The molecule has 1 aliphatic rings. The number of anilines is 1. The molecule has 1 saturated heterocycles. The number of carbonyl (C=O) groups excluding carboxylic acids is 1. The Bertz CT molecular complexity index is 600. The number of aromatic nitrogens is 1. The van der Waals surface area contributed by atoms with E-state index in [-0.39, 0.29) is 5.91 Å². The zero-order chi connectivity index (χ0) is 14.5. The van der Waals surface area contributed by atoms with E-state index < -0.39 is 0 Å². The Labute approximate surface area is 123 Å². The monoisotopic (exact) mass is 283 g/mol. The van der Waals surface area contributed by atoms with Crippen molar-refractivity contribution in [3.05, 3.63) is 54.8 Å². The zero-order valence-corrected chi connectivity index (χ0v) is 11.7. The van der Waals surface area contributed by atoms with E-state index in [1.54, 1.807) is 36.9 Å². The first-order valence-corrected chi connectivity index (χ1v) is 6.98. The highest BCUT2D eigenvalue weighted by molar-refractivity contribution is 5.91.